The minimum atomic E-state index is -1.21. The van der Waals surface area contributed by atoms with E-state index in [9.17, 15) is 9.59 Å². The van der Waals surface area contributed by atoms with Gasteiger partial charge in [-0.1, -0.05) is 0 Å². The van der Waals surface area contributed by atoms with Crippen molar-refractivity contribution in [1.82, 2.24) is 0 Å². The largest absolute Gasteiger partial charge is 0.478 e. The average Bonchev–Trinajstić information content (AvgIpc) is 2.26. The summed E-state index contributed by atoms with van der Waals surface area (Å²) in [4.78, 5) is 21.7. The zero-order valence-electron chi connectivity index (χ0n) is 7.85. The molecule has 0 spiro atoms. The highest BCUT2D eigenvalue weighted by Gasteiger charge is 2.13. The summed E-state index contributed by atoms with van der Waals surface area (Å²) in [7, 11) is 1.21. The molecule has 0 atom stereocenters. The second-order valence-corrected chi connectivity index (χ2v) is 2.67. The summed E-state index contributed by atoms with van der Waals surface area (Å²) in [6, 6.07) is 5.40. The van der Waals surface area contributed by atoms with Crippen molar-refractivity contribution in [3.05, 3.63) is 34.9 Å². The number of hydrogen-bond acceptors (Lipinski definition) is 4. The molecule has 76 valence electrons. The van der Waals surface area contributed by atoms with Gasteiger partial charge in [0.15, 0.2) is 0 Å². The second-order valence-electron chi connectivity index (χ2n) is 2.67. The van der Waals surface area contributed by atoms with Gasteiger partial charge in [0.2, 0.25) is 0 Å². The minimum absolute atomic E-state index is 0.0644. The first kappa shape index (κ1) is 10.7. The summed E-state index contributed by atoms with van der Waals surface area (Å²) in [5.41, 5.74) is -0.0467. The molecule has 5 heteroatoms. The number of ether oxygens (including phenoxy) is 1. The average molecular weight is 205 g/mol. The van der Waals surface area contributed by atoms with Crippen LogP contribution in [0.2, 0.25) is 0 Å². The number of hydrogen-bond donors (Lipinski definition) is 1. The van der Waals surface area contributed by atoms with Gasteiger partial charge in [-0.05, 0) is 18.2 Å². The predicted octanol–water partition coefficient (Wildman–Crippen LogP) is 1.04. The Balaban J connectivity index is 3.27. The Morgan fingerprint density at radius 1 is 1.47 bits per heavy atom. The van der Waals surface area contributed by atoms with Crippen LogP contribution in [0.15, 0.2) is 18.2 Å². The number of benzene rings is 1. The molecule has 1 rings (SSSR count). The van der Waals surface area contributed by atoms with Crippen molar-refractivity contribution in [3.63, 3.8) is 0 Å². The van der Waals surface area contributed by atoms with Gasteiger partial charge in [-0.25, -0.2) is 9.59 Å². The summed E-state index contributed by atoms with van der Waals surface area (Å²) in [6.45, 7) is 0. The Kier molecular flexibility index (Phi) is 3.03. The van der Waals surface area contributed by atoms with E-state index in [1.165, 1.54) is 25.3 Å². The van der Waals surface area contributed by atoms with Gasteiger partial charge in [0, 0.05) is 0 Å². The van der Waals surface area contributed by atoms with E-state index in [1.54, 1.807) is 6.07 Å². The van der Waals surface area contributed by atoms with E-state index < -0.39 is 11.9 Å². The zero-order chi connectivity index (χ0) is 11.4. The van der Waals surface area contributed by atoms with Crippen LogP contribution in [0.5, 0.6) is 0 Å². The molecule has 0 saturated carbocycles. The predicted molar refractivity (Wildman–Crippen MR) is 49.5 cm³/mol. The number of nitriles is 1. The molecule has 1 aromatic carbocycles. The van der Waals surface area contributed by atoms with Crippen LogP contribution in [0, 0.1) is 11.3 Å². The van der Waals surface area contributed by atoms with E-state index in [-0.39, 0.29) is 16.7 Å². The van der Waals surface area contributed by atoms with Crippen molar-refractivity contribution >= 4 is 11.9 Å². The summed E-state index contributed by atoms with van der Waals surface area (Å²) >= 11 is 0. The first-order chi connectivity index (χ1) is 7.10. The van der Waals surface area contributed by atoms with Gasteiger partial charge in [0.25, 0.3) is 0 Å². The quantitative estimate of drug-likeness (QED) is 0.729. The van der Waals surface area contributed by atoms with Gasteiger partial charge < -0.3 is 9.84 Å². The SMILES string of the molecule is COC(=O)c1ccc(C(=O)O)c(C#N)c1. The Morgan fingerprint density at radius 2 is 2.13 bits per heavy atom. The van der Waals surface area contributed by atoms with Crippen molar-refractivity contribution in [3.8, 4) is 6.07 Å². The van der Waals surface area contributed by atoms with Crippen molar-refractivity contribution in [1.29, 1.82) is 5.26 Å². The highest BCUT2D eigenvalue weighted by atomic mass is 16.5. The summed E-state index contributed by atoms with van der Waals surface area (Å²) in [5, 5.41) is 17.4. The maximum Gasteiger partial charge on any atom is 0.337 e. The van der Waals surface area contributed by atoms with E-state index >= 15 is 0 Å². The third-order valence-electron chi connectivity index (χ3n) is 1.79. The molecule has 0 fully saturated rings. The van der Waals surface area contributed by atoms with Gasteiger partial charge in [0.05, 0.1) is 23.8 Å². The van der Waals surface area contributed by atoms with E-state index in [4.69, 9.17) is 10.4 Å². The van der Waals surface area contributed by atoms with Gasteiger partial charge in [-0.2, -0.15) is 5.26 Å². The van der Waals surface area contributed by atoms with Gasteiger partial charge in [-0.15, -0.1) is 0 Å². The fourth-order valence-electron chi connectivity index (χ4n) is 1.07. The highest BCUT2D eigenvalue weighted by molar-refractivity contribution is 5.94. The molecule has 0 heterocycles. The van der Waals surface area contributed by atoms with E-state index in [2.05, 4.69) is 4.74 Å². The zero-order valence-corrected chi connectivity index (χ0v) is 7.85. The molecular weight excluding hydrogens is 198 g/mol. The molecule has 1 aromatic rings. The van der Waals surface area contributed by atoms with E-state index in [1.807, 2.05) is 0 Å². The molecule has 0 saturated heterocycles. The molecule has 0 bridgehead atoms. The van der Waals surface area contributed by atoms with Gasteiger partial charge >= 0.3 is 11.9 Å². The lowest BCUT2D eigenvalue weighted by Crippen LogP contribution is -2.05. The lowest BCUT2D eigenvalue weighted by Gasteiger charge is -2.01. The van der Waals surface area contributed by atoms with Crippen LogP contribution < -0.4 is 0 Å². The van der Waals surface area contributed by atoms with Crippen molar-refractivity contribution < 1.29 is 19.4 Å². The molecule has 0 amide bonds. The molecule has 0 aliphatic heterocycles. The molecule has 0 radical (unpaired) electrons. The Morgan fingerprint density at radius 3 is 2.60 bits per heavy atom. The molecule has 1 N–H and O–H groups in total. The molecule has 5 nitrogen and oxygen atoms in total. The van der Waals surface area contributed by atoms with Crippen LogP contribution in [-0.4, -0.2) is 24.2 Å². The summed E-state index contributed by atoms with van der Waals surface area (Å²) < 4.78 is 4.44. The molecule has 15 heavy (non-hydrogen) atoms. The fourth-order valence-corrected chi connectivity index (χ4v) is 1.07. The summed E-state index contributed by atoms with van der Waals surface area (Å²) in [5.74, 6) is -1.81. The minimum Gasteiger partial charge on any atom is -0.478 e. The van der Waals surface area contributed by atoms with Crippen molar-refractivity contribution in [2.24, 2.45) is 0 Å². The third-order valence-corrected chi connectivity index (χ3v) is 1.79. The second kappa shape index (κ2) is 4.24. The lowest BCUT2D eigenvalue weighted by molar-refractivity contribution is 0.0598. The number of rotatable bonds is 2. The van der Waals surface area contributed by atoms with Gasteiger partial charge in [-0.3, -0.25) is 0 Å². The topological polar surface area (TPSA) is 87.4 Å². The molecule has 0 aliphatic rings. The molecular formula is C10H7NO4. The maximum absolute atomic E-state index is 11.1. The first-order valence-electron chi connectivity index (χ1n) is 3.96. The van der Waals surface area contributed by atoms with Crippen LogP contribution in [-0.2, 0) is 4.74 Å². The smallest absolute Gasteiger partial charge is 0.337 e. The number of carbonyl (C=O) groups excluding carboxylic acids is 1. The normalized spacial score (nSPS) is 9.07. The Bertz CT molecular complexity index is 459. The first-order valence-corrected chi connectivity index (χ1v) is 3.96. The van der Waals surface area contributed by atoms with Crippen molar-refractivity contribution in [2.75, 3.05) is 7.11 Å². The monoisotopic (exact) mass is 205 g/mol. The standard InChI is InChI=1S/C10H7NO4/c1-15-10(14)6-2-3-8(9(12)13)7(4-6)5-11/h2-4H,1H3,(H,12,13). The van der Waals surface area contributed by atoms with Crippen LogP contribution >= 0.6 is 0 Å². The van der Waals surface area contributed by atoms with E-state index in [0.717, 1.165) is 0 Å². The maximum atomic E-state index is 11.1. The van der Waals surface area contributed by atoms with Crippen LogP contribution in [0.1, 0.15) is 26.3 Å². The third kappa shape index (κ3) is 2.11. The molecule has 0 aliphatic carbocycles. The Labute approximate surface area is 85.5 Å². The van der Waals surface area contributed by atoms with E-state index in [0.29, 0.717) is 0 Å². The molecule has 0 aromatic heterocycles. The Hall–Kier alpha value is -2.35. The number of nitrogens with zero attached hydrogens (tertiary/aromatic N) is 1. The highest BCUT2D eigenvalue weighted by Crippen LogP contribution is 2.12. The number of carboxylic acid groups (broad SMARTS) is 1. The van der Waals surface area contributed by atoms with Crippen LogP contribution in [0.3, 0.4) is 0 Å². The number of esters is 1. The summed E-state index contributed by atoms with van der Waals surface area (Å²) in [6.07, 6.45) is 0. The van der Waals surface area contributed by atoms with Crippen LogP contribution in [0.25, 0.3) is 0 Å². The van der Waals surface area contributed by atoms with Gasteiger partial charge in [0.1, 0.15) is 6.07 Å². The number of methoxy groups -OCH3 is 1. The number of carboxylic acids is 1. The number of carbonyl (C=O) groups is 2. The van der Waals surface area contributed by atoms with Crippen LogP contribution in [0.4, 0.5) is 0 Å². The number of aromatic carboxylic acids is 1. The lowest BCUT2D eigenvalue weighted by atomic mass is 10.1. The molecule has 0 unspecified atom stereocenters. The van der Waals surface area contributed by atoms with Crippen molar-refractivity contribution in [2.45, 2.75) is 0 Å². The fraction of sp³-hybridized carbons (Fsp3) is 0.100.